The normalized spacial score (nSPS) is 17.2. The Morgan fingerprint density at radius 2 is 1.82 bits per heavy atom. The molecule has 0 N–H and O–H groups in total. The number of nitrogens with zero attached hydrogens (tertiary/aromatic N) is 7. The standard InChI is InChI=1S/C19H21N7O2/c1-13-6-7-26(22-13)18-5-4-17(20-21-18)24-8-10-25(11-9-24)19(27)15-12-16(28-23-15)14-2-3-14/h4-7,12,14H,2-3,8-11H2,1H3. The summed E-state index contributed by atoms with van der Waals surface area (Å²) < 4.78 is 7.01. The lowest BCUT2D eigenvalue weighted by Gasteiger charge is -2.34. The second-order valence-electron chi connectivity index (χ2n) is 7.32. The lowest BCUT2D eigenvalue weighted by Crippen LogP contribution is -2.49. The summed E-state index contributed by atoms with van der Waals surface area (Å²) in [5.41, 5.74) is 1.34. The molecule has 0 unspecified atom stereocenters. The number of carbonyl (C=O) groups is 1. The minimum absolute atomic E-state index is 0.0641. The zero-order valence-electron chi connectivity index (χ0n) is 15.7. The van der Waals surface area contributed by atoms with E-state index in [1.165, 1.54) is 0 Å². The van der Waals surface area contributed by atoms with E-state index in [1.54, 1.807) is 10.7 Å². The fraction of sp³-hybridized carbons (Fsp3) is 0.421. The monoisotopic (exact) mass is 379 g/mol. The summed E-state index contributed by atoms with van der Waals surface area (Å²) in [7, 11) is 0. The molecule has 9 heteroatoms. The molecule has 28 heavy (non-hydrogen) atoms. The van der Waals surface area contributed by atoms with Gasteiger partial charge < -0.3 is 14.3 Å². The summed E-state index contributed by atoms with van der Waals surface area (Å²) in [5, 5.41) is 16.9. The number of rotatable bonds is 4. The number of hydrogen-bond donors (Lipinski definition) is 0. The Balaban J connectivity index is 1.21. The Morgan fingerprint density at radius 1 is 1.07 bits per heavy atom. The molecule has 0 atom stereocenters. The van der Waals surface area contributed by atoms with Gasteiger partial charge in [-0.3, -0.25) is 4.79 Å². The Hall–Kier alpha value is -3.23. The maximum absolute atomic E-state index is 12.6. The Morgan fingerprint density at radius 3 is 2.46 bits per heavy atom. The molecular formula is C19H21N7O2. The SMILES string of the molecule is Cc1ccn(-c2ccc(N3CCN(C(=O)c4cc(C5CC5)on4)CC3)nn2)n1. The van der Waals surface area contributed by atoms with E-state index >= 15 is 0 Å². The molecule has 1 saturated carbocycles. The van der Waals surface area contributed by atoms with Gasteiger partial charge >= 0.3 is 0 Å². The highest BCUT2D eigenvalue weighted by Crippen LogP contribution is 2.40. The number of anilines is 1. The highest BCUT2D eigenvalue weighted by Gasteiger charge is 2.30. The lowest BCUT2D eigenvalue weighted by molar-refractivity contribution is 0.0736. The average Bonchev–Trinajstić information content (AvgIpc) is 3.30. The number of piperazine rings is 1. The first kappa shape index (κ1) is 16.9. The fourth-order valence-electron chi connectivity index (χ4n) is 3.40. The predicted molar refractivity (Wildman–Crippen MR) is 100 cm³/mol. The van der Waals surface area contributed by atoms with Crippen LogP contribution in [0.25, 0.3) is 5.82 Å². The van der Waals surface area contributed by atoms with Crippen LogP contribution in [0, 0.1) is 6.92 Å². The highest BCUT2D eigenvalue weighted by molar-refractivity contribution is 5.92. The zero-order chi connectivity index (χ0) is 19.1. The number of carbonyl (C=O) groups excluding carboxylic acids is 1. The van der Waals surface area contributed by atoms with Crippen molar-refractivity contribution >= 4 is 11.7 Å². The van der Waals surface area contributed by atoms with E-state index in [-0.39, 0.29) is 5.91 Å². The summed E-state index contributed by atoms with van der Waals surface area (Å²) in [5.74, 6) is 2.72. The lowest BCUT2D eigenvalue weighted by atomic mass is 10.2. The second kappa shape index (κ2) is 6.74. The molecule has 144 valence electrons. The Labute approximate surface area is 161 Å². The molecule has 0 radical (unpaired) electrons. The molecule has 1 aliphatic heterocycles. The van der Waals surface area contributed by atoms with Crippen LogP contribution in [-0.4, -0.2) is 62.1 Å². The van der Waals surface area contributed by atoms with Crippen LogP contribution < -0.4 is 4.90 Å². The van der Waals surface area contributed by atoms with Gasteiger partial charge in [-0.25, -0.2) is 4.68 Å². The Bertz CT molecular complexity index is 982. The van der Waals surface area contributed by atoms with Crippen molar-refractivity contribution < 1.29 is 9.32 Å². The molecule has 1 saturated heterocycles. The molecule has 0 aromatic carbocycles. The van der Waals surface area contributed by atoms with Gasteiger partial charge in [-0.05, 0) is 38.0 Å². The topological polar surface area (TPSA) is 93.2 Å². The van der Waals surface area contributed by atoms with Crippen LogP contribution in [0.3, 0.4) is 0 Å². The quantitative estimate of drug-likeness (QED) is 0.682. The first-order valence-corrected chi connectivity index (χ1v) is 9.54. The van der Waals surface area contributed by atoms with Crippen molar-refractivity contribution in [3.8, 4) is 5.82 Å². The number of aryl methyl sites for hydroxylation is 1. The minimum Gasteiger partial charge on any atom is -0.360 e. The summed E-state index contributed by atoms with van der Waals surface area (Å²) in [6.45, 7) is 4.57. The van der Waals surface area contributed by atoms with E-state index in [0.29, 0.717) is 43.6 Å². The summed E-state index contributed by atoms with van der Waals surface area (Å²) in [6.07, 6.45) is 4.12. The van der Waals surface area contributed by atoms with Gasteiger partial charge in [0.15, 0.2) is 17.3 Å². The maximum atomic E-state index is 12.6. The van der Waals surface area contributed by atoms with Gasteiger partial charge in [-0.15, -0.1) is 10.2 Å². The van der Waals surface area contributed by atoms with Crippen molar-refractivity contribution in [2.75, 3.05) is 31.1 Å². The van der Waals surface area contributed by atoms with Crippen LogP contribution in [0.1, 0.15) is 40.7 Å². The van der Waals surface area contributed by atoms with Crippen molar-refractivity contribution in [2.45, 2.75) is 25.7 Å². The van der Waals surface area contributed by atoms with Gasteiger partial charge in [0.2, 0.25) is 0 Å². The fourth-order valence-corrected chi connectivity index (χ4v) is 3.40. The molecule has 2 fully saturated rings. The molecule has 4 heterocycles. The van der Waals surface area contributed by atoms with E-state index in [9.17, 15) is 4.79 Å². The van der Waals surface area contributed by atoms with Crippen LogP contribution in [0.15, 0.2) is 35.0 Å². The molecule has 3 aromatic heterocycles. The van der Waals surface area contributed by atoms with Gasteiger partial charge in [0.1, 0.15) is 5.76 Å². The van der Waals surface area contributed by atoms with Gasteiger partial charge in [0, 0.05) is 44.4 Å². The molecule has 0 bridgehead atoms. The highest BCUT2D eigenvalue weighted by atomic mass is 16.5. The van der Waals surface area contributed by atoms with Crippen molar-refractivity contribution in [3.05, 3.63) is 47.6 Å². The summed E-state index contributed by atoms with van der Waals surface area (Å²) >= 11 is 0. The molecule has 1 amide bonds. The summed E-state index contributed by atoms with van der Waals surface area (Å²) in [4.78, 5) is 16.6. The van der Waals surface area contributed by atoms with Crippen LogP contribution in [0.2, 0.25) is 0 Å². The average molecular weight is 379 g/mol. The molecule has 2 aliphatic rings. The largest absolute Gasteiger partial charge is 0.360 e. The molecule has 9 nitrogen and oxygen atoms in total. The van der Waals surface area contributed by atoms with Crippen molar-refractivity contribution in [1.29, 1.82) is 0 Å². The first-order chi connectivity index (χ1) is 13.7. The third-order valence-electron chi connectivity index (χ3n) is 5.21. The number of amides is 1. The van der Waals surface area contributed by atoms with Crippen molar-refractivity contribution in [3.63, 3.8) is 0 Å². The predicted octanol–water partition coefficient (Wildman–Crippen LogP) is 1.80. The number of aromatic nitrogens is 5. The van der Waals surface area contributed by atoms with Gasteiger partial charge in [0.05, 0.1) is 5.69 Å². The van der Waals surface area contributed by atoms with E-state index in [2.05, 4.69) is 25.4 Å². The summed E-state index contributed by atoms with van der Waals surface area (Å²) in [6, 6.07) is 7.57. The van der Waals surface area contributed by atoms with Crippen LogP contribution >= 0.6 is 0 Å². The smallest absolute Gasteiger partial charge is 0.276 e. The molecule has 0 spiro atoms. The second-order valence-corrected chi connectivity index (χ2v) is 7.32. The van der Waals surface area contributed by atoms with Crippen molar-refractivity contribution in [1.82, 2.24) is 30.0 Å². The Kier molecular flexibility index (Phi) is 4.07. The molecular weight excluding hydrogens is 358 g/mol. The van der Waals surface area contributed by atoms with Gasteiger partial charge in [0.25, 0.3) is 5.91 Å². The van der Waals surface area contributed by atoms with E-state index in [1.807, 2.05) is 36.2 Å². The van der Waals surface area contributed by atoms with Crippen LogP contribution in [-0.2, 0) is 0 Å². The van der Waals surface area contributed by atoms with Crippen molar-refractivity contribution in [2.24, 2.45) is 0 Å². The van der Waals surface area contributed by atoms with Crippen LogP contribution in [0.5, 0.6) is 0 Å². The zero-order valence-corrected chi connectivity index (χ0v) is 15.7. The van der Waals surface area contributed by atoms with E-state index < -0.39 is 0 Å². The third-order valence-corrected chi connectivity index (χ3v) is 5.21. The van der Waals surface area contributed by atoms with Crippen LogP contribution in [0.4, 0.5) is 5.82 Å². The third kappa shape index (κ3) is 3.23. The molecule has 5 rings (SSSR count). The molecule has 3 aromatic rings. The maximum Gasteiger partial charge on any atom is 0.276 e. The van der Waals surface area contributed by atoms with E-state index in [4.69, 9.17) is 4.52 Å². The number of hydrogen-bond acceptors (Lipinski definition) is 7. The molecule has 1 aliphatic carbocycles. The van der Waals surface area contributed by atoms with Gasteiger partial charge in [-0.2, -0.15) is 5.10 Å². The van der Waals surface area contributed by atoms with E-state index in [0.717, 1.165) is 30.1 Å². The minimum atomic E-state index is -0.0641. The van der Waals surface area contributed by atoms with Gasteiger partial charge in [-0.1, -0.05) is 5.16 Å². The first-order valence-electron chi connectivity index (χ1n) is 9.54.